The summed E-state index contributed by atoms with van der Waals surface area (Å²) in [6.45, 7) is 0.0485. The molecule has 0 aliphatic carbocycles. The maximum Gasteiger partial charge on any atom is 0.244 e. The number of carbonyl (C=O) groups excluding carboxylic acids is 1. The van der Waals surface area contributed by atoms with Gasteiger partial charge >= 0.3 is 0 Å². The second-order valence-electron chi connectivity index (χ2n) is 5.12. The van der Waals surface area contributed by atoms with Crippen LogP contribution in [0.15, 0.2) is 48.5 Å². The molecule has 0 bridgehead atoms. The topological polar surface area (TPSA) is 99.0 Å². The quantitative estimate of drug-likeness (QED) is 0.607. The number of rotatable bonds is 6. The number of aliphatic hydroxyl groups excluding tert-OH is 1. The third-order valence-electron chi connectivity index (χ3n) is 3.38. The maximum absolute atomic E-state index is 11.8. The molecule has 2 rings (SSSR count). The van der Waals surface area contributed by atoms with Gasteiger partial charge < -0.3 is 25.4 Å². The lowest BCUT2D eigenvalue weighted by molar-refractivity contribution is -0.116. The third kappa shape index (κ3) is 4.76. The number of phenols is 2. The minimum absolute atomic E-state index is 0.0242. The van der Waals surface area contributed by atoms with Gasteiger partial charge in [-0.1, -0.05) is 18.2 Å². The Hall–Kier alpha value is -2.99. The molecular weight excluding hydrogens is 310 g/mol. The van der Waals surface area contributed by atoms with Crippen LogP contribution in [0.2, 0.25) is 0 Å². The number of hydrogen-bond acceptors (Lipinski definition) is 5. The van der Waals surface area contributed by atoms with E-state index in [-0.39, 0.29) is 24.0 Å². The first-order valence-corrected chi connectivity index (χ1v) is 7.29. The Labute approximate surface area is 139 Å². The van der Waals surface area contributed by atoms with Gasteiger partial charge in [-0.25, -0.2) is 0 Å². The van der Waals surface area contributed by atoms with Gasteiger partial charge in [0.2, 0.25) is 5.91 Å². The van der Waals surface area contributed by atoms with Gasteiger partial charge in [0, 0.05) is 12.6 Å². The van der Waals surface area contributed by atoms with E-state index in [2.05, 4.69) is 5.32 Å². The molecule has 0 aliphatic rings. The lowest BCUT2D eigenvalue weighted by Crippen LogP contribution is -2.26. The predicted octanol–water partition coefficient (Wildman–Crippen LogP) is 1.97. The van der Waals surface area contributed by atoms with Crippen molar-refractivity contribution in [1.29, 1.82) is 0 Å². The molecule has 24 heavy (non-hydrogen) atoms. The molecule has 0 aliphatic heterocycles. The fraction of sp³-hybridized carbons (Fsp3) is 0.167. The summed E-state index contributed by atoms with van der Waals surface area (Å²) < 4.78 is 4.99. The molecule has 1 atom stereocenters. The van der Waals surface area contributed by atoms with Crippen molar-refractivity contribution in [3.8, 4) is 17.2 Å². The van der Waals surface area contributed by atoms with Crippen LogP contribution in [0.3, 0.4) is 0 Å². The van der Waals surface area contributed by atoms with Crippen molar-refractivity contribution in [3.05, 3.63) is 59.7 Å². The molecule has 0 fully saturated rings. The zero-order valence-electron chi connectivity index (χ0n) is 13.1. The summed E-state index contributed by atoms with van der Waals surface area (Å²) in [5.41, 5.74) is 1.29. The fourth-order valence-electron chi connectivity index (χ4n) is 2.04. The Morgan fingerprint density at radius 1 is 1.21 bits per heavy atom. The molecule has 6 heteroatoms. The third-order valence-corrected chi connectivity index (χ3v) is 3.38. The first-order chi connectivity index (χ1) is 11.5. The molecule has 6 nitrogen and oxygen atoms in total. The van der Waals surface area contributed by atoms with Crippen LogP contribution >= 0.6 is 0 Å². The molecule has 0 saturated carbocycles. The summed E-state index contributed by atoms with van der Waals surface area (Å²) >= 11 is 0. The SMILES string of the molecule is COc1cc(/C=C/C(=O)NCC(O)c2ccc(O)cc2)ccc1O. The Morgan fingerprint density at radius 2 is 1.92 bits per heavy atom. The van der Waals surface area contributed by atoms with Crippen molar-refractivity contribution >= 4 is 12.0 Å². The van der Waals surface area contributed by atoms with Crippen LogP contribution in [0.25, 0.3) is 6.08 Å². The first kappa shape index (κ1) is 17.4. The number of carbonyl (C=O) groups is 1. The Kier molecular flexibility index (Phi) is 5.81. The van der Waals surface area contributed by atoms with E-state index in [0.29, 0.717) is 16.9 Å². The highest BCUT2D eigenvalue weighted by Crippen LogP contribution is 2.26. The van der Waals surface area contributed by atoms with E-state index in [1.165, 1.54) is 31.4 Å². The van der Waals surface area contributed by atoms with Crippen molar-refractivity contribution in [2.24, 2.45) is 0 Å². The summed E-state index contributed by atoms with van der Waals surface area (Å²) in [6, 6.07) is 10.8. The lowest BCUT2D eigenvalue weighted by atomic mass is 10.1. The zero-order chi connectivity index (χ0) is 17.5. The molecule has 4 N–H and O–H groups in total. The zero-order valence-corrected chi connectivity index (χ0v) is 13.1. The van der Waals surface area contributed by atoms with E-state index in [1.54, 1.807) is 30.3 Å². The van der Waals surface area contributed by atoms with Gasteiger partial charge in [-0.2, -0.15) is 0 Å². The molecular formula is C18H19NO5. The van der Waals surface area contributed by atoms with E-state index in [9.17, 15) is 20.1 Å². The molecule has 0 spiro atoms. The smallest absolute Gasteiger partial charge is 0.244 e. The van der Waals surface area contributed by atoms with Crippen LogP contribution < -0.4 is 10.1 Å². The van der Waals surface area contributed by atoms with E-state index < -0.39 is 6.10 Å². The molecule has 2 aromatic rings. The van der Waals surface area contributed by atoms with Gasteiger partial charge in [-0.05, 0) is 41.5 Å². The molecule has 1 unspecified atom stereocenters. The number of ether oxygens (including phenoxy) is 1. The molecule has 0 aromatic heterocycles. The summed E-state index contributed by atoms with van der Waals surface area (Å²) in [6.07, 6.45) is 2.04. The maximum atomic E-state index is 11.8. The number of hydrogen-bond donors (Lipinski definition) is 4. The normalized spacial score (nSPS) is 12.1. The van der Waals surface area contributed by atoms with Crippen molar-refractivity contribution < 1.29 is 24.9 Å². The Balaban J connectivity index is 1.89. The molecule has 126 valence electrons. The minimum atomic E-state index is -0.864. The first-order valence-electron chi connectivity index (χ1n) is 7.29. The number of aromatic hydroxyl groups is 2. The monoisotopic (exact) mass is 329 g/mol. The second kappa shape index (κ2) is 8.03. The van der Waals surface area contributed by atoms with E-state index >= 15 is 0 Å². The molecule has 0 saturated heterocycles. The highest BCUT2D eigenvalue weighted by atomic mass is 16.5. The number of aliphatic hydroxyl groups is 1. The standard InChI is InChI=1S/C18H19NO5/c1-24-17-10-12(2-8-15(17)21)3-9-18(23)19-11-16(22)13-4-6-14(20)7-5-13/h2-10,16,20-22H,11H2,1H3,(H,19,23)/b9-3+. The Bertz CT molecular complexity index is 725. The highest BCUT2D eigenvalue weighted by molar-refractivity contribution is 5.91. The second-order valence-corrected chi connectivity index (χ2v) is 5.12. The average molecular weight is 329 g/mol. The highest BCUT2D eigenvalue weighted by Gasteiger charge is 2.08. The number of phenolic OH excluding ortho intramolecular Hbond substituents is 2. The van der Waals surface area contributed by atoms with Crippen LogP contribution in [0, 0.1) is 0 Å². The number of methoxy groups -OCH3 is 1. The molecule has 0 heterocycles. The van der Waals surface area contributed by atoms with Gasteiger partial charge in [0.15, 0.2) is 11.5 Å². The van der Waals surface area contributed by atoms with Crippen LogP contribution in [0.5, 0.6) is 17.2 Å². The summed E-state index contributed by atoms with van der Waals surface area (Å²) in [5, 5.41) is 31.3. The van der Waals surface area contributed by atoms with Crippen LogP contribution in [-0.2, 0) is 4.79 Å². The molecule has 0 radical (unpaired) electrons. The van der Waals surface area contributed by atoms with Crippen molar-refractivity contribution in [3.63, 3.8) is 0 Å². The summed E-state index contributed by atoms with van der Waals surface area (Å²) in [4.78, 5) is 11.8. The van der Waals surface area contributed by atoms with Crippen LogP contribution in [-0.4, -0.2) is 34.9 Å². The van der Waals surface area contributed by atoms with Gasteiger partial charge in [0.25, 0.3) is 0 Å². The van der Waals surface area contributed by atoms with Crippen LogP contribution in [0.4, 0.5) is 0 Å². The predicted molar refractivity (Wildman–Crippen MR) is 89.8 cm³/mol. The van der Waals surface area contributed by atoms with E-state index in [1.807, 2.05) is 0 Å². The van der Waals surface area contributed by atoms with Crippen LogP contribution in [0.1, 0.15) is 17.2 Å². The minimum Gasteiger partial charge on any atom is -0.508 e. The summed E-state index contributed by atoms with van der Waals surface area (Å²) in [7, 11) is 1.44. The largest absolute Gasteiger partial charge is 0.508 e. The van der Waals surface area contributed by atoms with Crippen molar-refractivity contribution in [2.75, 3.05) is 13.7 Å². The van der Waals surface area contributed by atoms with Crippen molar-refractivity contribution in [2.45, 2.75) is 6.10 Å². The summed E-state index contributed by atoms with van der Waals surface area (Å²) in [5.74, 6) is 0.0959. The van der Waals surface area contributed by atoms with E-state index in [4.69, 9.17) is 4.74 Å². The van der Waals surface area contributed by atoms with E-state index in [0.717, 1.165) is 0 Å². The fourth-order valence-corrected chi connectivity index (χ4v) is 2.04. The number of benzene rings is 2. The van der Waals surface area contributed by atoms with Gasteiger partial charge in [0.1, 0.15) is 5.75 Å². The van der Waals surface area contributed by atoms with Gasteiger partial charge in [0.05, 0.1) is 13.2 Å². The molecule has 1 amide bonds. The van der Waals surface area contributed by atoms with Gasteiger partial charge in [-0.15, -0.1) is 0 Å². The number of amides is 1. The van der Waals surface area contributed by atoms with Gasteiger partial charge in [-0.3, -0.25) is 4.79 Å². The molecule has 2 aromatic carbocycles. The lowest BCUT2D eigenvalue weighted by Gasteiger charge is -2.11. The number of nitrogens with one attached hydrogen (secondary N) is 1. The average Bonchev–Trinajstić information content (AvgIpc) is 2.59. The van der Waals surface area contributed by atoms with Crippen molar-refractivity contribution in [1.82, 2.24) is 5.32 Å². The Morgan fingerprint density at radius 3 is 2.58 bits per heavy atom.